The van der Waals surface area contributed by atoms with Crippen molar-refractivity contribution < 1.29 is 9.53 Å². The van der Waals surface area contributed by atoms with Gasteiger partial charge in [0, 0.05) is 18.0 Å². The second kappa shape index (κ2) is 6.44. The number of hydrogen-bond donors (Lipinski definition) is 1. The summed E-state index contributed by atoms with van der Waals surface area (Å²) < 4.78 is 6.81. The SMILES string of the molecule is COC(=O)C(CCSc1nnc2ccccn12)NC1CC1. The molecule has 1 saturated carbocycles. The van der Waals surface area contributed by atoms with Crippen LogP contribution in [0.15, 0.2) is 29.6 Å². The third-order valence-corrected chi connectivity index (χ3v) is 4.40. The molecule has 0 amide bonds. The highest BCUT2D eigenvalue weighted by Crippen LogP contribution is 2.22. The van der Waals surface area contributed by atoms with Gasteiger partial charge in [0.2, 0.25) is 0 Å². The normalized spacial score (nSPS) is 16.0. The average Bonchev–Trinajstić information content (AvgIpc) is 3.24. The van der Waals surface area contributed by atoms with Crippen LogP contribution in [0, 0.1) is 0 Å². The molecule has 0 aromatic carbocycles. The van der Waals surface area contributed by atoms with Gasteiger partial charge in [-0.3, -0.25) is 9.20 Å². The number of rotatable bonds is 7. The molecule has 1 atom stereocenters. The zero-order chi connectivity index (χ0) is 14.7. The lowest BCUT2D eigenvalue weighted by atomic mass is 10.2. The van der Waals surface area contributed by atoms with E-state index in [1.807, 2.05) is 28.8 Å². The van der Waals surface area contributed by atoms with Crippen LogP contribution < -0.4 is 5.32 Å². The molecule has 1 N–H and O–H groups in total. The van der Waals surface area contributed by atoms with E-state index in [0.29, 0.717) is 6.04 Å². The van der Waals surface area contributed by atoms with Crippen LogP contribution in [0.5, 0.6) is 0 Å². The van der Waals surface area contributed by atoms with Gasteiger partial charge in [-0.25, -0.2) is 0 Å². The lowest BCUT2D eigenvalue weighted by Gasteiger charge is -2.15. The minimum absolute atomic E-state index is 0.186. The highest BCUT2D eigenvalue weighted by atomic mass is 32.2. The Kier molecular flexibility index (Phi) is 4.40. The number of nitrogens with zero attached hydrogens (tertiary/aromatic N) is 3. The molecule has 112 valence electrons. The fourth-order valence-electron chi connectivity index (χ4n) is 2.13. The summed E-state index contributed by atoms with van der Waals surface area (Å²) in [6.45, 7) is 0. The molecular formula is C14H18N4O2S. The first-order valence-corrected chi connectivity index (χ1v) is 8.03. The van der Waals surface area contributed by atoms with Crippen LogP contribution in [0.25, 0.3) is 5.65 Å². The van der Waals surface area contributed by atoms with Gasteiger partial charge in [0.15, 0.2) is 10.8 Å². The highest BCUT2D eigenvalue weighted by molar-refractivity contribution is 7.99. The molecule has 1 aliphatic carbocycles. The number of fused-ring (bicyclic) bond motifs is 1. The molecule has 2 aromatic heterocycles. The van der Waals surface area contributed by atoms with Crippen LogP contribution in [0.2, 0.25) is 0 Å². The maximum absolute atomic E-state index is 11.8. The van der Waals surface area contributed by atoms with Crippen molar-refractivity contribution in [2.24, 2.45) is 0 Å². The summed E-state index contributed by atoms with van der Waals surface area (Å²) in [5.74, 6) is 0.600. The summed E-state index contributed by atoms with van der Waals surface area (Å²) in [7, 11) is 1.43. The number of ether oxygens (including phenoxy) is 1. The summed E-state index contributed by atoms with van der Waals surface area (Å²) in [5, 5.41) is 12.5. The van der Waals surface area contributed by atoms with Gasteiger partial charge < -0.3 is 10.1 Å². The standard InChI is InChI=1S/C14H18N4O2S/c1-20-13(19)11(15-10-5-6-10)7-9-21-14-17-16-12-4-2-3-8-18(12)14/h2-4,8,10-11,15H,5-7,9H2,1H3. The lowest BCUT2D eigenvalue weighted by molar-refractivity contribution is -0.143. The molecule has 21 heavy (non-hydrogen) atoms. The smallest absolute Gasteiger partial charge is 0.322 e. The van der Waals surface area contributed by atoms with Crippen molar-refractivity contribution in [2.75, 3.05) is 12.9 Å². The van der Waals surface area contributed by atoms with E-state index in [1.165, 1.54) is 7.11 Å². The first-order chi connectivity index (χ1) is 10.3. The third kappa shape index (κ3) is 3.54. The fraction of sp³-hybridized carbons (Fsp3) is 0.500. The van der Waals surface area contributed by atoms with Crippen LogP contribution in [0.1, 0.15) is 19.3 Å². The number of carbonyl (C=O) groups is 1. The zero-order valence-electron chi connectivity index (χ0n) is 11.9. The summed E-state index contributed by atoms with van der Waals surface area (Å²) in [6.07, 6.45) is 4.96. The minimum atomic E-state index is -0.228. The monoisotopic (exact) mass is 306 g/mol. The van der Waals surface area contributed by atoms with Crippen molar-refractivity contribution in [3.8, 4) is 0 Å². The predicted molar refractivity (Wildman–Crippen MR) is 80.3 cm³/mol. The van der Waals surface area contributed by atoms with Crippen molar-refractivity contribution in [2.45, 2.75) is 36.5 Å². The lowest BCUT2D eigenvalue weighted by Crippen LogP contribution is -2.39. The fourth-order valence-corrected chi connectivity index (χ4v) is 3.06. The summed E-state index contributed by atoms with van der Waals surface area (Å²) in [6, 6.07) is 6.06. The second-order valence-corrected chi connectivity index (χ2v) is 6.13. The molecule has 1 fully saturated rings. The molecule has 6 nitrogen and oxygen atoms in total. The number of pyridine rings is 1. The van der Waals surface area contributed by atoms with Gasteiger partial charge >= 0.3 is 5.97 Å². The van der Waals surface area contributed by atoms with Gasteiger partial charge in [-0.15, -0.1) is 10.2 Å². The average molecular weight is 306 g/mol. The minimum Gasteiger partial charge on any atom is -0.468 e. The molecule has 0 aliphatic heterocycles. The Morgan fingerprint density at radius 1 is 1.52 bits per heavy atom. The highest BCUT2D eigenvalue weighted by Gasteiger charge is 2.28. The number of carbonyl (C=O) groups excluding carboxylic acids is 1. The summed E-state index contributed by atoms with van der Waals surface area (Å²) >= 11 is 1.60. The molecule has 0 spiro atoms. The quantitative estimate of drug-likeness (QED) is 0.618. The Bertz CT molecular complexity index is 626. The van der Waals surface area contributed by atoms with Crippen molar-refractivity contribution in [3.05, 3.63) is 24.4 Å². The molecule has 3 rings (SSSR count). The Morgan fingerprint density at radius 3 is 3.14 bits per heavy atom. The van der Waals surface area contributed by atoms with Crippen molar-refractivity contribution >= 4 is 23.4 Å². The number of methoxy groups -OCH3 is 1. The van der Waals surface area contributed by atoms with E-state index in [1.54, 1.807) is 11.8 Å². The second-order valence-electron chi connectivity index (χ2n) is 5.07. The molecule has 2 aromatic rings. The number of hydrogen-bond acceptors (Lipinski definition) is 6. The largest absolute Gasteiger partial charge is 0.468 e. The maximum atomic E-state index is 11.8. The van der Waals surface area contributed by atoms with Crippen LogP contribution in [0.4, 0.5) is 0 Å². The maximum Gasteiger partial charge on any atom is 0.322 e. The summed E-state index contributed by atoms with van der Waals surface area (Å²) in [4.78, 5) is 11.8. The molecule has 0 radical (unpaired) electrons. The Balaban J connectivity index is 1.57. The molecule has 2 heterocycles. The van der Waals surface area contributed by atoms with E-state index in [4.69, 9.17) is 4.74 Å². The van der Waals surface area contributed by atoms with Crippen molar-refractivity contribution in [3.63, 3.8) is 0 Å². The van der Waals surface area contributed by atoms with Crippen LogP contribution in [-0.2, 0) is 9.53 Å². The molecule has 0 saturated heterocycles. The molecule has 1 aliphatic rings. The zero-order valence-corrected chi connectivity index (χ0v) is 12.7. The number of aromatic nitrogens is 3. The Morgan fingerprint density at radius 2 is 2.38 bits per heavy atom. The van der Waals surface area contributed by atoms with Gasteiger partial charge in [-0.1, -0.05) is 17.8 Å². The van der Waals surface area contributed by atoms with Crippen molar-refractivity contribution in [1.82, 2.24) is 19.9 Å². The van der Waals surface area contributed by atoms with Gasteiger partial charge in [-0.05, 0) is 31.4 Å². The van der Waals surface area contributed by atoms with Gasteiger partial charge in [0.25, 0.3) is 0 Å². The Hall–Kier alpha value is -1.60. The van der Waals surface area contributed by atoms with E-state index in [0.717, 1.165) is 35.8 Å². The first-order valence-electron chi connectivity index (χ1n) is 7.04. The van der Waals surface area contributed by atoms with E-state index in [-0.39, 0.29) is 12.0 Å². The number of thioether (sulfide) groups is 1. The van der Waals surface area contributed by atoms with E-state index in [9.17, 15) is 4.79 Å². The van der Waals surface area contributed by atoms with Crippen LogP contribution in [-0.4, -0.2) is 45.5 Å². The topological polar surface area (TPSA) is 68.5 Å². The van der Waals surface area contributed by atoms with Gasteiger partial charge in [-0.2, -0.15) is 0 Å². The predicted octanol–water partition coefficient (Wildman–Crippen LogP) is 1.51. The van der Waals surface area contributed by atoms with E-state index < -0.39 is 0 Å². The molecule has 1 unspecified atom stereocenters. The molecule has 7 heteroatoms. The van der Waals surface area contributed by atoms with Gasteiger partial charge in [0.1, 0.15) is 6.04 Å². The van der Waals surface area contributed by atoms with E-state index >= 15 is 0 Å². The van der Waals surface area contributed by atoms with Crippen molar-refractivity contribution in [1.29, 1.82) is 0 Å². The third-order valence-electron chi connectivity index (χ3n) is 3.42. The van der Waals surface area contributed by atoms with Gasteiger partial charge in [0.05, 0.1) is 7.11 Å². The molecular weight excluding hydrogens is 288 g/mol. The Labute approximate surface area is 127 Å². The van der Waals surface area contributed by atoms with E-state index in [2.05, 4.69) is 15.5 Å². The van der Waals surface area contributed by atoms with Crippen LogP contribution >= 0.6 is 11.8 Å². The first kappa shape index (κ1) is 14.3. The number of esters is 1. The molecule has 0 bridgehead atoms. The van der Waals surface area contributed by atoms with Crippen LogP contribution in [0.3, 0.4) is 0 Å². The number of nitrogens with one attached hydrogen (secondary N) is 1. The summed E-state index contributed by atoms with van der Waals surface area (Å²) in [5.41, 5.74) is 0.834.